The first-order valence-corrected chi connectivity index (χ1v) is 5.45. The second-order valence-corrected chi connectivity index (χ2v) is 3.81. The Labute approximate surface area is 104 Å². The van der Waals surface area contributed by atoms with Crippen LogP contribution in [0.3, 0.4) is 0 Å². The number of hydrogen-bond donors (Lipinski definition) is 0. The van der Waals surface area contributed by atoms with Crippen molar-refractivity contribution in [3.05, 3.63) is 27.5 Å². The molecule has 1 heterocycles. The van der Waals surface area contributed by atoms with E-state index in [2.05, 4.69) is 25.7 Å². The lowest BCUT2D eigenvalue weighted by Crippen LogP contribution is -2.07. The lowest BCUT2D eigenvalue weighted by atomic mass is 10.1. The molecule has 0 saturated heterocycles. The van der Waals surface area contributed by atoms with Crippen molar-refractivity contribution in [3.8, 4) is 0 Å². The maximum Gasteiger partial charge on any atom is 0.340 e. The summed E-state index contributed by atoms with van der Waals surface area (Å²) in [6, 6.07) is 1.03. The Kier molecular flexibility index (Phi) is 4.61. The largest absolute Gasteiger partial charge is 0.465 e. The minimum atomic E-state index is -2.74. The monoisotopic (exact) mass is 313 g/mol. The molecule has 16 heavy (non-hydrogen) atoms. The molecule has 0 N–H and O–H groups in total. The molecule has 0 bridgehead atoms. The Morgan fingerprint density at radius 3 is 2.75 bits per heavy atom. The predicted octanol–water partition coefficient (Wildman–Crippen LogP) is 3.31. The number of carbonyl (C=O) groups excluding carboxylic acids is 1. The first-order chi connectivity index (χ1) is 7.51. The first-order valence-electron chi connectivity index (χ1n) is 4.13. The number of nitrogens with zero attached hydrogens (tertiary/aromatic N) is 1. The number of hydrogen-bond acceptors (Lipinski definition) is 3. The molecule has 0 aliphatic carbocycles. The van der Waals surface area contributed by atoms with E-state index in [1.165, 1.54) is 0 Å². The molecular formula is C9H7BrClF2NO2. The number of alkyl halides is 3. The smallest absolute Gasteiger partial charge is 0.340 e. The minimum Gasteiger partial charge on any atom is -0.465 e. The number of rotatable bonds is 3. The van der Waals surface area contributed by atoms with Crippen LogP contribution in [-0.4, -0.2) is 18.1 Å². The van der Waals surface area contributed by atoms with Crippen LogP contribution in [0.2, 0.25) is 0 Å². The topological polar surface area (TPSA) is 39.2 Å². The molecule has 0 amide bonds. The number of aromatic nitrogens is 1. The maximum atomic E-state index is 12.6. The van der Waals surface area contributed by atoms with Crippen LogP contribution >= 0.6 is 27.5 Å². The van der Waals surface area contributed by atoms with E-state index in [-0.39, 0.29) is 27.3 Å². The average molecular weight is 315 g/mol. The van der Waals surface area contributed by atoms with Gasteiger partial charge in [0.05, 0.1) is 24.2 Å². The van der Waals surface area contributed by atoms with Crippen molar-refractivity contribution >= 4 is 33.5 Å². The molecule has 1 aromatic rings. The van der Waals surface area contributed by atoms with Crippen molar-refractivity contribution in [2.75, 3.05) is 7.11 Å². The van der Waals surface area contributed by atoms with Crippen molar-refractivity contribution in [1.82, 2.24) is 4.98 Å². The van der Waals surface area contributed by atoms with Crippen molar-refractivity contribution in [1.29, 1.82) is 0 Å². The van der Waals surface area contributed by atoms with Crippen molar-refractivity contribution < 1.29 is 18.3 Å². The molecule has 0 atom stereocenters. The van der Waals surface area contributed by atoms with E-state index in [1.807, 2.05) is 0 Å². The molecule has 1 rings (SSSR count). The van der Waals surface area contributed by atoms with Gasteiger partial charge >= 0.3 is 5.97 Å². The molecular weight excluding hydrogens is 307 g/mol. The van der Waals surface area contributed by atoms with Crippen LogP contribution in [0.25, 0.3) is 0 Å². The fourth-order valence-electron chi connectivity index (χ4n) is 1.09. The summed E-state index contributed by atoms with van der Waals surface area (Å²) >= 11 is 8.48. The summed E-state index contributed by atoms with van der Waals surface area (Å²) in [5.41, 5.74) is -0.374. The molecule has 0 aliphatic rings. The summed E-state index contributed by atoms with van der Waals surface area (Å²) in [6.45, 7) is 0. The lowest BCUT2D eigenvalue weighted by Gasteiger charge is -2.09. The van der Waals surface area contributed by atoms with E-state index in [1.54, 1.807) is 0 Å². The third-order valence-corrected chi connectivity index (χ3v) is 2.71. The van der Waals surface area contributed by atoms with Gasteiger partial charge in [0, 0.05) is 5.56 Å². The summed E-state index contributed by atoms with van der Waals surface area (Å²) in [4.78, 5) is 15.0. The van der Waals surface area contributed by atoms with Crippen molar-refractivity contribution in [2.24, 2.45) is 0 Å². The van der Waals surface area contributed by atoms with Gasteiger partial charge in [0.25, 0.3) is 6.43 Å². The Hall–Kier alpha value is -0.750. The van der Waals surface area contributed by atoms with Crippen molar-refractivity contribution in [2.45, 2.75) is 12.3 Å². The highest BCUT2D eigenvalue weighted by molar-refractivity contribution is 9.10. The zero-order valence-corrected chi connectivity index (χ0v) is 10.5. The van der Waals surface area contributed by atoms with Crippen LogP contribution < -0.4 is 0 Å². The number of methoxy groups -OCH3 is 1. The van der Waals surface area contributed by atoms with Crippen LogP contribution in [0.5, 0.6) is 0 Å². The fourth-order valence-corrected chi connectivity index (χ4v) is 1.80. The summed E-state index contributed by atoms with van der Waals surface area (Å²) in [6.07, 6.45) is -2.74. The lowest BCUT2D eigenvalue weighted by molar-refractivity contribution is 0.0598. The minimum absolute atomic E-state index is 0.0381. The molecule has 0 fully saturated rings. The van der Waals surface area contributed by atoms with Gasteiger partial charge in [-0.05, 0) is 22.0 Å². The molecule has 88 valence electrons. The number of pyridine rings is 1. The molecule has 0 spiro atoms. The molecule has 0 radical (unpaired) electrons. The number of esters is 1. The maximum absolute atomic E-state index is 12.6. The number of ether oxygens (including phenoxy) is 1. The standard InChI is InChI=1S/C9H7BrClF2NO2/c1-16-9(15)5-2-4(8(12)13)6(3-11)14-7(5)10/h2,8H,3H2,1H3. The Morgan fingerprint density at radius 1 is 1.69 bits per heavy atom. The predicted molar refractivity (Wildman–Crippen MR) is 57.8 cm³/mol. The van der Waals surface area contributed by atoms with Crippen LogP contribution in [-0.2, 0) is 10.6 Å². The molecule has 7 heteroatoms. The van der Waals surface area contributed by atoms with Gasteiger partial charge in [0.15, 0.2) is 0 Å². The quantitative estimate of drug-likeness (QED) is 0.488. The summed E-state index contributed by atoms with van der Waals surface area (Å²) in [7, 11) is 1.16. The highest BCUT2D eigenvalue weighted by Gasteiger charge is 2.20. The molecule has 1 aromatic heterocycles. The van der Waals surface area contributed by atoms with E-state index in [9.17, 15) is 13.6 Å². The first kappa shape index (κ1) is 13.3. The van der Waals surface area contributed by atoms with Gasteiger partial charge in [-0.2, -0.15) is 0 Å². The van der Waals surface area contributed by atoms with Gasteiger partial charge in [-0.25, -0.2) is 18.6 Å². The van der Waals surface area contributed by atoms with Gasteiger partial charge in [-0.3, -0.25) is 0 Å². The molecule has 0 unspecified atom stereocenters. The van der Waals surface area contributed by atoms with Gasteiger partial charge in [-0.1, -0.05) is 0 Å². The van der Waals surface area contributed by atoms with Gasteiger partial charge < -0.3 is 4.74 Å². The second-order valence-electron chi connectivity index (χ2n) is 2.79. The summed E-state index contributed by atoms with van der Waals surface area (Å²) in [5, 5.41) is 0. The van der Waals surface area contributed by atoms with E-state index in [4.69, 9.17) is 11.6 Å². The highest BCUT2D eigenvalue weighted by atomic mass is 79.9. The third kappa shape index (κ3) is 2.68. The molecule has 0 saturated carbocycles. The molecule has 3 nitrogen and oxygen atoms in total. The Bertz CT molecular complexity index is 415. The zero-order valence-electron chi connectivity index (χ0n) is 8.14. The number of halogens is 4. The van der Waals surface area contributed by atoms with Crippen LogP contribution in [0.1, 0.15) is 28.0 Å². The van der Waals surface area contributed by atoms with E-state index in [0.29, 0.717) is 0 Å². The Morgan fingerprint density at radius 2 is 2.31 bits per heavy atom. The average Bonchev–Trinajstić information content (AvgIpc) is 2.27. The second kappa shape index (κ2) is 5.54. The van der Waals surface area contributed by atoms with Crippen LogP contribution in [0, 0.1) is 0 Å². The zero-order chi connectivity index (χ0) is 12.3. The highest BCUT2D eigenvalue weighted by Crippen LogP contribution is 2.27. The fraction of sp³-hybridized carbons (Fsp3) is 0.333. The van der Waals surface area contributed by atoms with Crippen LogP contribution in [0.15, 0.2) is 10.7 Å². The van der Waals surface area contributed by atoms with E-state index in [0.717, 1.165) is 13.2 Å². The molecule has 0 aliphatic heterocycles. The van der Waals surface area contributed by atoms with Crippen LogP contribution in [0.4, 0.5) is 8.78 Å². The van der Waals surface area contributed by atoms with Gasteiger partial charge in [0.1, 0.15) is 4.60 Å². The normalized spacial score (nSPS) is 10.6. The number of carbonyl (C=O) groups is 1. The van der Waals surface area contributed by atoms with Gasteiger partial charge in [-0.15, -0.1) is 11.6 Å². The Balaban J connectivity index is 3.33. The molecule has 0 aromatic carbocycles. The SMILES string of the molecule is COC(=O)c1cc(C(F)F)c(CCl)nc1Br. The summed E-state index contributed by atoms with van der Waals surface area (Å²) in [5.74, 6) is -0.887. The van der Waals surface area contributed by atoms with E-state index >= 15 is 0 Å². The van der Waals surface area contributed by atoms with Crippen molar-refractivity contribution in [3.63, 3.8) is 0 Å². The summed E-state index contributed by atoms with van der Waals surface area (Å²) < 4.78 is 29.8. The van der Waals surface area contributed by atoms with Gasteiger partial charge in [0.2, 0.25) is 0 Å². The van der Waals surface area contributed by atoms with E-state index < -0.39 is 12.4 Å². The third-order valence-electron chi connectivity index (χ3n) is 1.86.